The van der Waals surface area contributed by atoms with Gasteiger partial charge < -0.3 is 13.9 Å². The lowest BCUT2D eigenvalue weighted by molar-refractivity contribution is -0.132. The molecule has 0 N–H and O–H groups in total. The van der Waals surface area contributed by atoms with Crippen LogP contribution in [0.25, 0.3) is 22.0 Å². The Morgan fingerprint density at radius 1 is 1.12 bits per heavy atom. The van der Waals surface area contributed by atoms with Crippen molar-refractivity contribution in [1.82, 2.24) is 18.8 Å². The van der Waals surface area contributed by atoms with Crippen molar-refractivity contribution in [3.05, 3.63) is 60.1 Å². The van der Waals surface area contributed by atoms with E-state index in [2.05, 4.69) is 4.98 Å². The minimum atomic E-state index is -3.54. The molecule has 174 valence electrons. The molecule has 0 spiro atoms. The molecule has 0 bridgehead atoms. The van der Waals surface area contributed by atoms with Gasteiger partial charge in [-0.1, -0.05) is 18.2 Å². The second kappa shape index (κ2) is 8.64. The molecule has 2 aromatic carbocycles. The van der Waals surface area contributed by atoms with Gasteiger partial charge >= 0.3 is 0 Å². The molecule has 0 aliphatic carbocycles. The van der Waals surface area contributed by atoms with E-state index in [1.807, 2.05) is 48.9 Å². The van der Waals surface area contributed by atoms with Crippen LogP contribution in [0, 0.1) is 0 Å². The number of hydrogen-bond donors (Lipinski definition) is 0. The summed E-state index contributed by atoms with van der Waals surface area (Å²) in [5.41, 5.74) is 2.21. The van der Waals surface area contributed by atoms with Gasteiger partial charge in [0.05, 0.1) is 22.0 Å². The molecule has 4 aromatic rings. The van der Waals surface area contributed by atoms with Crippen LogP contribution in [0.15, 0.2) is 57.8 Å². The number of hydrogen-bond acceptors (Lipinski definition) is 5. The summed E-state index contributed by atoms with van der Waals surface area (Å²) in [4.78, 5) is 19.4. The van der Waals surface area contributed by atoms with Crippen molar-refractivity contribution in [2.75, 3.05) is 21.1 Å². The molecule has 1 atom stereocenters. The Kier molecular flexibility index (Phi) is 6.02. The van der Waals surface area contributed by atoms with Crippen LogP contribution in [-0.4, -0.2) is 54.2 Å². The van der Waals surface area contributed by atoms with E-state index in [0.29, 0.717) is 11.9 Å². The Morgan fingerprint density at radius 2 is 1.85 bits per heavy atom. The molecular weight excluding hydrogens is 440 g/mol. The lowest BCUT2D eigenvalue weighted by Crippen LogP contribution is -2.29. The minimum absolute atomic E-state index is 0.0223. The molecule has 2 heterocycles. The molecule has 1 amide bonds. The first-order chi connectivity index (χ1) is 15.6. The molecule has 33 heavy (non-hydrogen) atoms. The van der Waals surface area contributed by atoms with Crippen LogP contribution in [0.1, 0.15) is 31.0 Å². The number of sulfonamides is 1. The van der Waals surface area contributed by atoms with Crippen LogP contribution in [0.2, 0.25) is 0 Å². The van der Waals surface area contributed by atoms with E-state index in [1.165, 1.54) is 18.4 Å². The second-order valence-electron chi connectivity index (χ2n) is 8.39. The maximum Gasteiger partial charge on any atom is 0.242 e. The molecule has 9 heteroatoms. The lowest BCUT2D eigenvalue weighted by atomic mass is 10.1. The maximum atomic E-state index is 12.9. The van der Waals surface area contributed by atoms with Crippen molar-refractivity contribution in [2.24, 2.45) is 7.05 Å². The van der Waals surface area contributed by atoms with Gasteiger partial charge in [0.1, 0.15) is 17.2 Å². The van der Waals surface area contributed by atoms with Crippen molar-refractivity contribution in [3.63, 3.8) is 0 Å². The van der Waals surface area contributed by atoms with Gasteiger partial charge in [-0.25, -0.2) is 17.7 Å². The molecule has 0 aliphatic rings. The van der Waals surface area contributed by atoms with Gasteiger partial charge in [0, 0.05) is 46.4 Å². The highest BCUT2D eigenvalue weighted by Gasteiger charge is 2.22. The molecule has 2 aromatic heterocycles. The van der Waals surface area contributed by atoms with E-state index >= 15 is 0 Å². The zero-order valence-corrected chi connectivity index (χ0v) is 20.3. The molecule has 0 saturated carbocycles. The first-order valence-electron chi connectivity index (χ1n) is 10.7. The molecular formula is C24H28N4O4S. The standard InChI is InChI=1S/C24H28N4O4S/c1-16(22-14-17-8-6-7-9-21(17)32-22)27(4)24(29)13-12-23-25-19-15-18(33(30,31)26(2)3)10-11-20(19)28(23)5/h6-11,14-16H,12-13H2,1-5H3. The Balaban J connectivity index is 1.49. The maximum absolute atomic E-state index is 12.9. The fraction of sp³-hybridized carbons (Fsp3) is 0.333. The molecule has 8 nitrogen and oxygen atoms in total. The quantitative estimate of drug-likeness (QED) is 0.412. The summed E-state index contributed by atoms with van der Waals surface area (Å²) < 4.78 is 33.8. The van der Waals surface area contributed by atoms with Gasteiger partial charge in [-0.05, 0) is 37.3 Å². The van der Waals surface area contributed by atoms with Gasteiger partial charge in [0.25, 0.3) is 0 Å². The molecule has 0 aliphatic heterocycles. The number of aryl methyl sites for hydroxylation is 2. The van der Waals surface area contributed by atoms with Crippen molar-refractivity contribution in [3.8, 4) is 0 Å². The van der Waals surface area contributed by atoms with Crippen LogP contribution < -0.4 is 0 Å². The second-order valence-corrected chi connectivity index (χ2v) is 10.5. The highest BCUT2D eigenvalue weighted by Crippen LogP contribution is 2.27. The molecule has 1 unspecified atom stereocenters. The monoisotopic (exact) mass is 468 g/mol. The van der Waals surface area contributed by atoms with Crippen LogP contribution in [0.5, 0.6) is 0 Å². The number of furan rings is 1. The first kappa shape index (κ1) is 23.0. The smallest absolute Gasteiger partial charge is 0.242 e. The van der Waals surface area contributed by atoms with Gasteiger partial charge in [0.15, 0.2) is 0 Å². The van der Waals surface area contributed by atoms with Crippen LogP contribution >= 0.6 is 0 Å². The predicted molar refractivity (Wildman–Crippen MR) is 127 cm³/mol. The topological polar surface area (TPSA) is 88.7 Å². The van der Waals surface area contributed by atoms with E-state index < -0.39 is 10.0 Å². The first-order valence-corrected chi connectivity index (χ1v) is 12.2. The highest BCUT2D eigenvalue weighted by atomic mass is 32.2. The summed E-state index contributed by atoms with van der Waals surface area (Å²) in [6.07, 6.45) is 0.720. The fourth-order valence-electron chi connectivity index (χ4n) is 3.83. The Morgan fingerprint density at radius 3 is 2.55 bits per heavy atom. The van der Waals surface area contributed by atoms with Gasteiger partial charge in [-0.2, -0.15) is 0 Å². The number of rotatable bonds is 7. The lowest BCUT2D eigenvalue weighted by Gasteiger charge is -2.23. The predicted octanol–water partition coefficient (Wildman–Crippen LogP) is 3.72. The van der Waals surface area contributed by atoms with E-state index in [4.69, 9.17) is 4.42 Å². The Hall–Kier alpha value is -3.17. The molecule has 0 saturated heterocycles. The van der Waals surface area contributed by atoms with Gasteiger partial charge in [-0.3, -0.25) is 4.79 Å². The van der Waals surface area contributed by atoms with Crippen LogP contribution in [-0.2, 0) is 28.3 Å². The number of benzene rings is 2. The van der Waals surface area contributed by atoms with Crippen molar-refractivity contribution in [2.45, 2.75) is 30.7 Å². The number of imidazole rings is 1. The Bertz CT molecular complexity index is 1400. The molecule has 4 rings (SSSR count). The normalized spacial score (nSPS) is 13.2. The highest BCUT2D eigenvalue weighted by molar-refractivity contribution is 7.89. The Labute approximate surface area is 193 Å². The summed E-state index contributed by atoms with van der Waals surface area (Å²) in [5.74, 6) is 1.44. The van der Waals surface area contributed by atoms with Crippen LogP contribution in [0.3, 0.4) is 0 Å². The summed E-state index contributed by atoms with van der Waals surface area (Å²) in [5, 5.41) is 1.01. The molecule has 0 fully saturated rings. The van der Waals surface area contributed by atoms with Crippen LogP contribution in [0.4, 0.5) is 0 Å². The van der Waals surface area contributed by atoms with Crippen molar-refractivity contribution >= 4 is 37.9 Å². The minimum Gasteiger partial charge on any atom is -0.459 e. The third-order valence-corrected chi connectivity index (χ3v) is 7.93. The number of fused-ring (bicyclic) bond motifs is 2. The summed E-state index contributed by atoms with van der Waals surface area (Å²) in [6.45, 7) is 1.94. The number of aromatic nitrogens is 2. The van der Waals surface area contributed by atoms with Crippen molar-refractivity contribution < 1.29 is 17.6 Å². The SMILES string of the molecule is CC(c1cc2ccccc2o1)N(C)C(=O)CCc1nc2cc(S(=O)(=O)N(C)C)ccc2n1C. The van der Waals surface area contributed by atoms with E-state index in [1.54, 1.807) is 30.1 Å². The number of carbonyl (C=O) groups excluding carboxylic acids is 1. The summed E-state index contributed by atoms with van der Waals surface area (Å²) >= 11 is 0. The third kappa shape index (κ3) is 4.26. The zero-order valence-electron chi connectivity index (χ0n) is 19.4. The molecule has 0 radical (unpaired) electrons. The van der Waals surface area contributed by atoms with Crippen molar-refractivity contribution in [1.29, 1.82) is 0 Å². The zero-order chi connectivity index (χ0) is 23.9. The average Bonchev–Trinajstić information content (AvgIpc) is 3.37. The number of para-hydroxylation sites is 1. The third-order valence-electron chi connectivity index (χ3n) is 6.12. The summed E-state index contributed by atoms with van der Waals surface area (Å²) in [6, 6.07) is 14.4. The van der Waals surface area contributed by atoms with Gasteiger partial charge in [0.2, 0.25) is 15.9 Å². The summed E-state index contributed by atoms with van der Waals surface area (Å²) in [7, 11) is 3.10. The number of nitrogens with zero attached hydrogens (tertiary/aromatic N) is 4. The van der Waals surface area contributed by atoms with Gasteiger partial charge in [-0.15, -0.1) is 0 Å². The average molecular weight is 469 g/mol. The number of carbonyl (C=O) groups is 1. The van der Waals surface area contributed by atoms with E-state index in [-0.39, 0.29) is 23.3 Å². The largest absolute Gasteiger partial charge is 0.459 e. The van der Waals surface area contributed by atoms with E-state index in [9.17, 15) is 13.2 Å². The van der Waals surface area contributed by atoms with E-state index in [0.717, 1.165) is 28.1 Å². The number of amides is 1. The fourth-order valence-corrected chi connectivity index (χ4v) is 4.76.